The molecule has 4 aliphatic carbocycles. The zero-order chi connectivity index (χ0) is 21.3. The van der Waals surface area contributed by atoms with E-state index in [9.17, 15) is 9.59 Å². The third-order valence-electron chi connectivity index (χ3n) is 7.15. The van der Waals surface area contributed by atoms with E-state index in [1.54, 1.807) is 12.1 Å². The summed E-state index contributed by atoms with van der Waals surface area (Å²) in [6.07, 6.45) is 7.85. The average molecular weight is 424 g/mol. The monoisotopic (exact) mass is 423 g/mol. The largest absolute Gasteiger partial charge is 0.486 e. The summed E-state index contributed by atoms with van der Waals surface area (Å²) in [5, 5.41) is 3.02. The lowest BCUT2D eigenvalue weighted by Crippen LogP contribution is -2.51. The van der Waals surface area contributed by atoms with Gasteiger partial charge in [0.1, 0.15) is 18.1 Å². The quantitative estimate of drug-likeness (QED) is 0.639. The van der Waals surface area contributed by atoms with E-state index < -0.39 is 5.97 Å². The molecule has 4 aliphatic rings. The molecule has 4 saturated carbocycles. The van der Waals surface area contributed by atoms with E-state index in [-0.39, 0.29) is 30.3 Å². The fraction of sp³-hybridized carbons (Fsp3) is 0.520. The number of rotatable bonds is 8. The molecule has 0 spiro atoms. The van der Waals surface area contributed by atoms with Crippen LogP contribution < -0.4 is 10.1 Å². The lowest BCUT2D eigenvalue weighted by Gasteiger charge is -2.56. The maximum atomic E-state index is 12.3. The van der Waals surface area contributed by atoms with E-state index in [0.29, 0.717) is 12.3 Å². The zero-order valence-corrected chi connectivity index (χ0v) is 17.7. The summed E-state index contributed by atoms with van der Waals surface area (Å²) in [6.45, 7) is 0.624. The summed E-state index contributed by atoms with van der Waals surface area (Å²) in [6, 6.07) is 12.6. The first-order valence-electron chi connectivity index (χ1n) is 11.3. The normalized spacial score (nSPS) is 28.3. The smallest absolute Gasteiger partial charge is 0.374 e. The number of benzene rings is 1. The van der Waals surface area contributed by atoms with Gasteiger partial charge < -0.3 is 19.2 Å². The predicted molar refractivity (Wildman–Crippen MR) is 113 cm³/mol. The fourth-order valence-corrected chi connectivity index (χ4v) is 6.28. The number of carbonyl (C=O) groups excluding carboxylic acids is 2. The van der Waals surface area contributed by atoms with Crippen molar-refractivity contribution in [3.05, 3.63) is 54.0 Å². The Kier molecular flexibility index (Phi) is 5.47. The van der Waals surface area contributed by atoms with Crippen LogP contribution in [0.5, 0.6) is 5.75 Å². The van der Waals surface area contributed by atoms with Crippen LogP contribution in [0.25, 0.3) is 0 Å². The Bertz CT molecular complexity index is 899. The number of carbonyl (C=O) groups is 2. The van der Waals surface area contributed by atoms with Crippen LogP contribution in [0.15, 0.2) is 46.9 Å². The Morgan fingerprint density at radius 1 is 0.968 bits per heavy atom. The van der Waals surface area contributed by atoms with Crippen LogP contribution >= 0.6 is 0 Å². The number of nitrogens with one attached hydrogen (secondary N) is 1. The molecule has 0 saturated heterocycles. The molecule has 0 aliphatic heterocycles. The first-order chi connectivity index (χ1) is 15.1. The second kappa shape index (κ2) is 8.40. The molecule has 4 bridgehead atoms. The third kappa shape index (κ3) is 4.63. The number of hydrogen-bond acceptors (Lipinski definition) is 5. The van der Waals surface area contributed by atoms with E-state index >= 15 is 0 Å². The van der Waals surface area contributed by atoms with Gasteiger partial charge in [-0.3, -0.25) is 4.79 Å². The van der Waals surface area contributed by atoms with Crippen LogP contribution in [0.4, 0.5) is 0 Å². The van der Waals surface area contributed by atoms with Gasteiger partial charge in [-0.15, -0.1) is 0 Å². The molecule has 1 N–H and O–H groups in total. The number of hydrogen-bond donors (Lipinski definition) is 1. The molecule has 4 fully saturated rings. The molecule has 164 valence electrons. The van der Waals surface area contributed by atoms with Crippen molar-refractivity contribution < 1.29 is 23.5 Å². The van der Waals surface area contributed by atoms with Gasteiger partial charge in [0, 0.05) is 6.54 Å². The van der Waals surface area contributed by atoms with Gasteiger partial charge in [-0.2, -0.15) is 0 Å². The number of esters is 1. The van der Waals surface area contributed by atoms with E-state index in [1.807, 2.05) is 30.3 Å². The molecule has 1 heterocycles. The van der Waals surface area contributed by atoms with Crippen LogP contribution in [0, 0.1) is 23.2 Å². The van der Waals surface area contributed by atoms with Crippen LogP contribution in [0.1, 0.15) is 54.8 Å². The van der Waals surface area contributed by atoms with Crippen molar-refractivity contribution >= 4 is 11.9 Å². The Morgan fingerprint density at radius 2 is 1.65 bits per heavy atom. The molecule has 2 aromatic rings. The van der Waals surface area contributed by atoms with E-state index in [1.165, 1.54) is 38.5 Å². The van der Waals surface area contributed by atoms with Crippen molar-refractivity contribution in [2.24, 2.45) is 23.2 Å². The highest BCUT2D eigenvalue weighted by molar-refractivity contribution is 5.88. The summed E-state index contributed by atoms with van der Waals surface area (Å²) in [7, 11) is 0. The lowest BCUT2D eigenvalue weighted by molar-refractivity contribution is -0.126. The fourth-order valence-electron chi connectivity index (χ4n) is 6.28. The second-order valence-corrected chi connectivity index (χ2v) is 9.64. The number of para-hydroxylation sites is 1. The summed E-state index contributed by atoms with van der Waals surface area (Å²) in [5.41, 5.74) is 0.267. The summed E-state index contributed by atoms with van der Waals surface area (Å²) >= 11 is 0. The minimum Gasteiger partial charge on any atom is -0.486 e. The van der Waals surface area contributed by atoms with Crippen molar-refractivity contribution in [2.75, 3.05) is 13.2 Å². The maximum Gasteiger partial charge on any atom is 0.374 e. The van der Waals surface area contributed by atoms with Crippen LogP contribution in [0.3, 0.4) is 0 Å². The highest BCUT2D eigenvalue weighted by Crippen LogP contribution is 2.59. The summed E-state index contributed by atoms with van der Waals surface area (Å²) in [5.74, 6) is 2.96. The zero-order valence-electron chi connectivity index (χ0n) is 17.7. The standard InChI is InChI=1S/C25H29NO5/c27-23(26-16-25-11-17-8-18(12-25)10-19(9-17)13-25)15-30-24(28)22-7-6-21(31-22)14-29-20-4-2-1-3-5-20/h1-7,17-19H,8-16H2,(H,26,27). The summed E-state index contributed by atoms with van der Waals surface area (Å²) in [4.78, 5) is 24.5. The third-order valence-corrected chi connectivity index (χ3v) is 7.15. The first kappa shape index (κ1) is 20.2. The minimum absolute atomic E-state index is 0.0699. The second-order valence-electron chi connectivity index (χ2n) is 9.64. The molecule has 0 radical (unpaired) electrons. The Labute approximate surface area is 182 Å². The van der Waals surface area contributed by atoms with Gasteiger partial charge >= 0.3 is 5.97 Å². The first-order valence-corrected chi connectivity index (χ1v) is 11.3. The van der Waals surface area contributed by atoms with Crippen molar-refractivity contribution in [3.63, 3.8) is 0 Å². The van der Waals surface area contributed by atoms with Gasteiger partial charge in [0.15, 0.2) is 6.61 Å². The molecule has 1 aromatic carbocycles. The molecular formula is C25H29NO5. The maximum absolute atomic E-state index is 12.3. The molecule has 1 aromatic heterocycles. The van der Waals surface area contributed by atoms with E-state index in [0.717, 1.165) is 23.5 Å². The van der Waals surface area contributed by atoms with Gasteiger partial charge in [0.2, 0.25) is 5.76 Å². The van der Waals surface area contributed by atoms with Crippen molar-refractivity contribution in [1.29, 1.82) is 0 Å². The molecule has 31 heavy (non-hydrogen) atoms. The van der Waals surface area contributed by atoms with Gasteiger partial charge in [-0.25, -0.2) is 4.79 Å². The van der Waals surface area contributed by atoms with Crippen molar-refractivity contribution in [2.45, 2.75) is 45.1 Å². The van der Waals surface area contributed by atoms with Gasteiger partial charge in [0.25, 0.3) is 5.91 Å². The molecule has 6 nitrogen and oxygen atoms in total. The Balaban J connectivity index is 1.06. The highest BCUT2D eigenvalue weighted by atomic mass is 16.6. The minimum atomic E-state index is -0.643. The van der Waals surface area contributed by atoms with E-state index in [2.05, 4.69) is 5.32 Å². The number of furan rings is 1. The summed E-state index contributed by atoms with van der Waals surface area (Å²) < 4.78 is 16.3. The molecule has 6 rings (SSSR count). The lowest BCUT2D eigenvalue weighted by atomic mass is 9.49. The van der Waals surface area contributed by atoms with Gasteiger partial charge in [-0.1, -0.05) is 18.2 Å². The number of amides is 1. The molecule has 0 atom stereocenters. The molecule has 6 heteroatoms. The molecule has 0 unspecified atom stereocenters. The van der Waals surface area contributed by atoms with Crippen molar-refractivity contribution in [3.8, 4) is 5.75 Å². The molecular weight excluding hydrogens is 394 g/mol. The topological polar surface area (TPSA) is 77.8 Å². The predicted octanol–water partition coefficient (Wildman–Crippen LogP) is 4.35. The van der Waals surface area contributed by atoms with Gasteiger partial charge in [-0.05, 0) is 86.0 Å². The van der Waals surface area contributed by atoms with E-state index in [4.69, 9.17) is 13.9 Å². The van der Waals surface area contributed by atoms with Crippen molar-refractivity contribution in [1.82, 2.24) is 5.32 Å². The Morgan fingerprint density at radius 3 is 2.32 bits per heavy atom. The molecule has 1 amide bonds. The van der Waals surface area contributed by atoms with Gasteiger partial charge in [0.05, 0.1) is 0 Å². The van der Waals surface area contributed by atoms with Crippen LogP contribution in [-0.4, -0.2) is 25.0 Å². The Hall–Kier alpha value is -2.76. The highest BCUT2D eigenvalue weighted by Gasteiger charge is 2.50. The van der Waals surface area contributed by atoms with Crippen LogP contribution in [0.2, 0.25) is 0 Å². The average Bonchev–Trinajstić information content (AvgIpc) is 3.24. The number of ether oxygens (including phenoxy) is 2. The van der Waals surface area contributed by atoms with Crippen LogP contribution in [-0.2, 0) is 16.1 Å². The SMILES string of the molecule is O=C(COC(=O)c1ccc(COc2ccccc2)o1)NCC12CC3CC(CC(C3)C1)C2.